The molecule has 4 heteroatoms. The van der Waals surface area contributed by atoms with Gasteiger partial charge in [0, 0.05) is 6.07 Å². The number of nitrogens with zero attached hydrogens (tertiary/aromatic N) is 1. The fourth-order valence-corrected chi connectivity index (χ4v) is 4.41. The monoisotopic (exact) mass is 271 g/mol. The summed E-state index contributed by atoms with van der Waals surface area (Å²) >= 11 is 0. The topological polar surface area (TPSA) is 46.6 Å². The molecular formula is C16H17NO3. The van der Waals surface area contributed by atoms with Gasteiger partial charge in [0.25, 0.3) is 0 Å². The summed E-state index contributed by atoms with van der Waals surface area (Å²) in [7, 11) is 1.59. The van der Waals surface area contributed by atoms with Crippen LogP contribution in [0.2, 0.25) is 0 Å². The van der Waals surface area contributed by atoms with Crippen LogP contribution in [-0.2, 0) is 9.59 Å². The maximum Gasteiger partial charge on any atom is 0.237 e. The number of methoxy groups -OCH3 is 1. The second-order valence-corrected chi connectivity index (χ2v) is 6.10. The normalized spacial score (nSPS) is 34.8. The molecule has 3 aliphatic rings. The number of fused-ring (bicyclic) bond motifs is 5. The number of carbonyl (C=O) groups excluding carboxylic acids is 2. The van der Waals surface area contributed by atoms with Crippen molar-refractivity contribution in [3.63, 3.8) is 0 Å². The van der Waals surface area contributed by atoms with Gasteiger partial charge in [-0.1, -0.05) is 6.07 Å². The van der Waals surface area contributed by atoms with Gasteiger partial charge in [-0.15, -0.1) is 0 Å². The molecule has 1 heterocycles. The molecule has 4 nitrogen and oxygen atoms in total. The average molecular weight is 271 g/mol. The lowest BCUT2D eigenvalue weighted by Crippen LogP contribution is -2.32. The second kappa shape index (κ2) is 4.08. The van der Waals surface area contributed by atoms with Gasteiger partial charge >= 0.3 is 0 Å². The Labute approximate surface area is 117 Å². The smallest absolute Gasteiger partial charge is 0.237 e. The van der Waals surface area contributed by atoms with E-state index in [4.69, 9.17) is 4.74 Å². The first kappa shape index (κ1) is 11.9. The lowest BCUT2D eigenvalue weighted by atomic mass is 9.81. The van der Waals surface area contributed by atoms with Crippen molar-refractivity contribution in [1.29, 1.82) is 0 Å². The number of hydrogen-bond acceptors (Lipinski definition) is 3. The third-order valence-electron chi connectivity index (χ3n) is 5.24. The number of anilines is 1. The van der Waals surface area contributed by atoms with Crippen LogP contribution in [0.5, 0.6) is 5.75 Å². The zero-order chi connectivity index (χ0) is 13.9. The molecule has 2 saturated carbocycles. The zero-order valence-corrected chi connectivity index (χ0v) is 11.4. The Morgan fingerprint density at radius 1 is 1.10 bits per heavy atom. The van der Waals surface area contributed by atoms with Crippen molar-refractivity contribution >= 4 is 17.5 Å². The van der Waals surface area contributed by atoms with Crippen LogP contribution < -0.4 is 9.64 Å². The first-order valence-electron chi connectivity index (χ1n) is 7.22. The van der Waals surface area contributed by atoms with E-state index in [1.165, 1.54) is 4.90 Å². The molecule has 1 aromatic carbocycles. The van der Waals surface area contributed by atoms with Crippen molar-refractivity contribution in [3.05, 3.63) is 24.3 Å². The van der Waals surface area contributed by atoms with Gasteiger partial charge in [-0.25, -0.2) is 4.90 Å². The molecule has 0 unspecified atom stereocenters. The van der Waals surface area contributed by atoms with Crippen LogP contribution in [0.4, 0.5) is 5.69 Å². The molecule has 4 rings (SSSR count). The fraction of sp³-hybridized carbons (Fsp3) is 0.500. The molecule has 2 bridgehead atoms. The molecule has 1 aromatic rings. The average Bonchev–Trinajstić information content (AvgIpc) is 3.13. The van der Waals surface area contributed by atoms with Gasteiger partial charge in [0.05, 0.1) is 24.6 Å². The van der Waals surface area contributed by atoms with E-state index in [-0.39, 0.29) is 23.7 Å². The number of carbonyl (C=O) groups is 2. The number of ether oxygens (including phenoxy) is 1. The lowest BCUT2D eigenvalue weighted by Gasteiger charge is -2.19. The van der Waals surface area contributed by atoms with Crippen molar-refractivity contribution in [2.24, 2.45) is 23.7 Å². The van der Waals surface area contributed by atoms with Gasteiger partial charge in [-0.2, -0.15) is 0 Å². The highest BCUT2D eigenvalue weighted by atomic mass is 16.5. The number of rotatable bonds is 2. The van der Waals surface area contributed by atoms with E-state index in [1.807, 2.05) is 12.1 Å². The first-order valence-corrected chi connectivity index (χ1v) is 7.22. The molecule has 0 radical (unpaired) electrons. The van der Waals surface area contributed by atoms with Gasteiger partial charge in [-0.3, -0.25) is 9.59 Å². The highest BCUT2D eigenvalue weighted by Gasteiger charge is 2.61. The fourth-order valence-electron chi connectivity index (χ4n) is 4.41. The van der Waals surface area contributed by atoms with Gasteiger partial charge in [0.2, 0.25) is 11.8 Å². The quantitative estimate of drug-likeness (QED) is 0.775. The van der Waals surface area contributed by atoms with E-state index in [1.54, 1.807) is 19.2 Å². The Morgan fingerprint density at radius 3 is 2.35 bits per heavy atom. The van der Waals surface area contributed by atoms with Crippen molar-refractivity contribution in [3.8, 4) is 5.75 Å². The van der Waals surface area contributed by atoms with Crippen LogP contribution >= 0.6 is 0 Å². The molecule has 1 aliphatic heterocycles. The number of amides is 2. The Kier molecular flexibility index (Phi) is 2.43. The van der Waals surface area contributed by atoms with Gasteiger partial charge in [0.1, 0.15) is 5.75 Å². The van der Waals surface area contributed by atoms with Crippen LogP contribution in [0.25, 0.3) is 0 Å². The molecule has 0 aromatic heterocycles. The molecule has 0 spiro atoms. The summed E-state index contributed by atoms with van der Waals surface area (Å²) in [5.74, 6) is 1.40. The van der Waals surface area contributed by atoms with E-state index in [9.17, 15) is 9.59 Å². The molecule has 0 N–H and O–H groups in total. The standard InChI is InChI=1S/C16H17NO3/c1-20-12-4-2-3-11(8-12)17-15(18)13-9-5-6-10(7-9)14(13)16(17)19/h2-4,8-10,13-14H,5-7H2,1H3/t9-,10-,13-,14+/m1/s1. The summed E-state index contributed by atoms with van der Waals surface area (Å²) in [5.41, 5.74) is 0.646. The lowest BCUT2D eigenvalue weighted by molar-refractivity contribution is -0.123. The molecule has 4 atom stereocenters. The maximum absolute atomic E-state index is 12.7. The minimum atomic E-state index is -0.0625. The van der Waals surface area contributed by atoms with E-state index in [0.29, 0.717) is 23.3 Å². The molecule has 2 amide bonds. The van der Waals surface area contributed by atoms with Gasteiger partial charge in [-0.05, 0) is 43.2 Å². The largest absolute Gasteiger partial charge is 0.497 e. The number of imide groups is 1. The van der Waals surface area contributed by atoms with Crippen LogP contribution in [0, 0.1) is 23.7 Å². The van der Waals surface area contributed by atoms with Crippen LogP contribution in [0.1, 0.15) is 19.3 Å². The number of benzene rings is 1. The van der Waals surface area contributed by atoms with E-state index in [0.717, 1.165) is 19.3 Å². The third kappa shape index (κ3) is 1.42. The summed E-state index contributed by atoms with van der Waals surface area (Å²) in [4.78, 5) is 26.7. The zero-order valence-electron chi connectivity index (χ0n) is 11.4. The van der Waals surface area contributed by atoms with Crippen LogP contribution in [-0.4, -0.2) is 18.9 Å². The third-order valence-corrected chi connectivity index (χ3v) is 5.24. The Balaban J connectivity index is 1.73. The maximum atomic E-state index is 12.7. The Morgan fingerprint density at radius 2 is 1.75 bits per heavy atom. The van der Waals surface area contributed by atoms with Crippen molar-refractivity contribution < 1.29 is 14.3 Å². The number of hydrogen-bond donors (Lipinski definition) is 0. The summed E-state index contributed by atoms with van der Waals surface area (Å²) < 4.78 is 5.18. The SMILES string of the molecule is COc1cccc(N2C(=O)[C@@H]3[C@@H]4CC[C@H](C4)[C@@H]3C2=O)c1. The van der Waals surface area contributed by atoms with Gasteiger partial charge in [0.15, 0.2) is 0 Å². The van der Waals surface area contributed by atoms with Crippen LogP contribution in [0.3, 0.4) is 0 Å². The Bertz CT molecular complexity index is 569. The summed E-state index contributed by atoms with van der Waals surface area (Å²) in [6.07, 6.45) is 3.28. The highest BCUT2D eigenvalue weighted by molar-refractivity contribution is 6.22. The predicted molar refractivity (Wildman–Crippen MR) is 73.3 cm³/mol. The summed E-state index contributed by atoms with van der Waals surface area (Å²) in [6, 6.07) is 7.20. The molecule has 2 aliphatic carbocycles. The van der Waals surface area contributed by atoms with E-state index < -0.39 is 0 Å². The van der Waals surface area contributed by atoms with Gasteiger partial charge < -0.3 is 4.74 Å². The minimum Gasteiger partial charge on any atom is -0.497 e. The van der Waals surface area contributed by atoms with E-state index in [2.05, 4.69) is 0 Å². The van der Waals surface area contributed by atoms with Crippen LogP contribution in [0.15, 0.2) is 24.3 Å². The second-order valence-electron chi connectivity index (χ2n) is 6.10. The Hall–Kier alpha value is -1.84. The molecule has 1 saturated heterocycles. The summed E-state index contributed by atoms with van der Waals surface area (Å²) in [5, 5.41) is 0. The predicted octanol–water partition coefficient (Wildman–Crippen LogP) is 2.23. The van der Waals surface area contributed by atoms with Crippen molar-refractivity contribution in [2.75, 3.05) is 12.0 Å². The first-order chi connectivity index (χ1) is 9.70. The molecular weight excluding hydrogens is 254 g/mol. The van der Waals surface area contributed by atoms with Crippen molar-refractivity contribution in [1.82, 2.24) is 0 Å². The molecule has 104 valence electrons. The molecule has 3 fully saturated rings. The van der Waals surface area contributed by atoms with Crippen molar-refractivity contribution in [2.45, 2.75) is 19.3 Å². The summed E-state index contributed by atoms with van der Waals surface area (Å²) in [6.45, 7) is 0. The minimum absolute atomic E-state index is 0.000420. The highest BCUT2D eigenvalue weighted by Crippen LogP contribution is 2.56. The molecule has 20 heavy (non-hydrogen) atoms. The van der Waals surface area contributed by atoms with E-state index >= 15 is 0 Å².